The summed E-state index contributed by atoms with van der Waals surface area (Å²) in [6, 6.07) is 11.9. The molecule has 0 unspecified atom stereocenters. The van der Waals surface area contributed by atoms with Gasteiger partial charge in [-0.15, -0.1) is 0 Å². The van der Waals surface area contributed by atoms with Crippen LogP contribution in [0, 0.1) is 0 Å². The third-order valence-corrected chi connectivity index (χ3v) is 3.82. The largest absolute Gasteiger partial charge is 0.496 e. The second kappa shape index (κ2) is 7.13. The average molecular weight is 311 g/mol. The smallest absolute Gasteiger partial charge is 0.251 e. The van der Waals surface area contributed by atoms with Gasteiger partial charge in [0.15, 0.2) is 0 Å². The van der Waals surface area contributed by atoms with Gasteiger partial charge in [-0.1, -0.05) is 18.2 Å². The van der Waals surface area contributed by atoms with Gasteiger partial charge in [0, 0.05) is 24.3 Å². The second-order valence-corrected chi connectivity index (χ2v) is 5.67. The molecule has 1 heterocycles. The zero-order chi connectivity index (χ0) is 16.1. The lowest BCUT2D eigenvalue weighted by Gasteiger charge is -2.10. The van der Waals surface area contributed by atoms with Crippen molar-refractivity contribution in [1.29, 1.82) is 0 Å². The molecule has 5 nitrogen and oxygen atoms in total. The molecule has 0 atom stereocenters. The van der Waals surface area contributed by atoms with Crippen LogP contribution in [-0.2, 0) is 6.42 Å². The maximum Gasteiger partial charge on any atom is 0.251 e. The van der Waals surface area contributed by atoms with E-state index in [-0.39, 0.29) is 5.91 Å². The van der Waals surface area contributed by atoms with E-state index in [2.05, 4.69) is 15.6 Å². The van der Waals surface area contributed by atoms with Gasteiger partial charge in [-0.25, -0.2) is 4.98 Å². The number of carbonyl (C=O) groups is 1. The molecular formula is C18H21N3O2. The van der Waals surface area contributed by atoms with E-state index in [1.165, 1.54) is 12.8 Å². The first-order chi connectivity index (χ1) is 11.3. The van der Waals surface area contributed by atoms with E-state index >= 15 is 0 Å². The van der Waals surface area contributed by atoms with Crippen LogP contribution < -0.4 is 15.4 Å². The van der Waals surface area contributed by atoms with Crippen molar-refractivity contribution in [1.82, 2.24) is 10.3 Å². The highest BCUT2D eigenvalue weighted by Gasteiger charge is 2.21. The van der Waals surface area contributed by atoms with Crippen LogP contribution >= 0.6 is 0 Å². The Morgan fingerprint density at radius 1 is 1.30 bits per heavy atom. The Hall–Kier alpha value is -2.56. The molecule has 23 heavy (non-hydrogen) atoms. The Morgan fingerprint density at radius 3 is 2.91 bits per heavy atom. The van der Waals surface area contributed by atoms with Crippen molar-refractivity contribution in [3.8, 4) is 5.75 Å². The van der Waals surface area contributed by atoms with Gasteiger partial charge in [-0.05, 0) is 43.0 Å². The quantitative estimate of drug-likeness (QED) is 0.825. The third kappa shape index (κ3) is 4.22. The number of aromatic nitrogens is 1. The molecule has 1 aliphatic carbocycles. The molecule has 2 aromatic rings. The van der Waals surface area contributed by atoms with Crippen LogP contribution in [0.25, 0.3) is 0 Å². The van der Waals surface area contributed by atoms with E-state index in [1.807, 2.05) is 24.3 Å². The average Bonchev–Trinajstić information content (AvgIpc) is 3.39. The van der Waals surface area contributed by atoms with Crippen LogP contribution in [0.1, 0.15) is 28.8 Å². The van der Waals surface area contributed by atoms with Crippen LogP contribution in [0.15, 0.2) is 42.6 Å². The van der Waals surface area contributed by atoms with Crippen molar-refractivity contribution in [2.24, 2.45) is 0 Å². The summed E-state index contributed by atoms with van der Waals surface area (Å²) in [5.74, 6) is 1.53. The first kappa shape index (κ1) is 15.3. The Bertz CT molecular complexity index is 683. The van der Waals surface area contributed by atoms with E-state index in [0.29, 0.717) is 18.2 Å². The number of nitrogens with zero attached hydrogens (tertiary/aromatic N) is 1. The molecule has 2 N–H and O–H groups in total. The van der Waals surface area contributed by atoms with E-state index < -0.39 is 0 Å². The number of carbonyl (C=O) groups excluding carboxylic acids is 1. The van der Waals surface area contributed by atoms with Gasteiger partial charge in [-0.3, -0.25) is 4.79 Å². The number of para-hydroxylation sites is 1. The number of amides is 1. The van der Waals surface area contributed by atoms with Gasteiger partial charge in [0.25, 0.3) is 5.91 Å². The zero-order valence-electron chi connectivity index (χ0n) is 13.2. The lowest BCUT2D eigenvalue weighted by atomic mass is 10.1. The van der Waals surface area contributed by atoms with Gasteiger partial charge >= 0.3 is 0 Å². The fourth-order valence-corrected chi connectivity index (χ4v) is 2.41. The van der Waals surface area contributed by atoms with Crippen molar-refractivity contribution in [3.63, 3.8) is 0 Å². The Morgan fingerprint density at radius 2 is 2.13 bits per heavy atom. The van der Waals surface area contributed by atoms with Crippen molar-refractivity contribution >= 4 is 11.7 Å². The Kier molecular flexibility index (Phi) is 4.76. The topological polar surface area (TPSA) is 63.2 Å². The zero-order valence-corrected chi connectivity index (χ0v) is 13.2. The van der Waals surface area contributed by atoms with Crippen LogP contribution in [0.5, 0.6) is 5.75 Å². The summed E-state index contributed by atoms with van der Waals surface area (Å²) in [6.07, 6.45) is 4.75. The van der Waals surface area contributed by atoms with Crippen LogP contribution in [0.3, 0.4) is 0 Å². The number of hydrogen-bond donors (Lipinski definition) is 2. The van der Waals surface area contributed by atoms with E-state index in [1.54, 1.807) is 25.4 Å². The number of anilines is 1. The number of rotatable bonds is 7. The summed E-state index contributed by atoms with van der Waals surface area (Å²) in [5.41, 5.74) is 1.71. The number of methoxy groups -OCH3 is 1. The van der Waals surface area contributed by atoms with Crippen LogP contribution in [-0.4, -0.2) is 30.6 Å². The SMILES string of the molecule is COc1ccccc1CCNC(=O)c1ccnc(NC2CC2)c1. The summed E-state index contributed by atoms with van der Waals surface area (Å²) in [6.45, 7) is 0.562. The van der Waals surface area contributed by atoms with Crippen molar-refractivity contribution < 1.29 is 9.53 Å². The molecule has 1 aromatic carbocycles. The van der Waals surface area contributed by atoms with Crippen molar-refractivity contribution in [2.45, 2.75) is 25.3 Å². The highest BCUT2D eigenvalue weighted by molar-refractivity contribution is 5.94. The van der Waals surface area contributed by atoms with Crippen molar-refractivity contribution in [3.05, 3.63) is 53.7 Å². The molecule has 5 heteroatoms. The normalized spacial score (nSPS) is 13.4. The fourth-order valence-electron chi connectivity index (χ4n) is 2.41. The Balaban J connectivity index is 1.54. The molecule has 0 radical (unpaired) electrons. The first-order valence-corrected chi connectivity index (χ1v) is 7.89. The van der Waals surface area contributed by atoms with Gasteiger partial charge in [0.05, 0.1) is 7.11 Å². The number of nitrogens with one attached hydrogen (secondary N) is 2. The molecule has 0 aliphatic heterocycles. The maximum absolute atomic E-state index is 12.2. The first-order valence-electron chi connectivity index (χ1n) is 7.89. The molecule has 1 saturated carbocycles. The standard InChI is InChI=1S/C18H21N3O2/c1-23-16-5-3-2-4-13(16)8-11-20-18(22)14-9-10-19-17(12-14)21-15-6-7-15/h2-5,9-10,12,15H,6-8,11H2,1H3,(H,19,21)(H,20,22). The minimum atomic E-state index is -0.0823. The molecule has 0 spiro atoms. The lowest BCUT2D eigenvalue weighted by molar-refractivity contribution is 0.0954. The molecule has 1 aromatic heterocycles. The molecule has 1 amide bonds. The maximum atomic E-state index is 12.2. The number of ether oxygens (including phenoxy) is 1. The fraction of sp³-hybridized carbons (Fsp3) is 0.333. The van der Waals surface area contributed by atoms with Crippen molar-refractivity contribution in [2.75, 3.05) is 19.0 Å². The van der Waals surface area contributed by atoms with Gasteiger partial charge < -0.3 is 15.4 Å². The number of pyridine rings is 1. The predicted octanol–water partition coefficient (Wildman–Crippen LogP) is 2.64. The summed E-state index contributed by atoms with van der Waals surface area (Å²) >= 11 is 0. The van der Waals surface area contributed by atoms with Gasteiger partial charge in [0.1, 0.15) is 11.6 Å². The predicted molar refractivity (Wildman–Crippen MR) is 89.9 cm³/mol. The second-order valence-electron chi connectivity index (χ2n) is 5.67. The van der Waals surface area contributed by atoms with Crippen LogP contribution in [0.4, 0.5) is 5.82 Å². The highest BCUT2D eigenvalue weighted by atomic mass is 16.5. The molecule has 1 aliphatic rings. The number of benzene rings is 1. The van der Waals surface area contributed by atoms with E-state index in [9.17, 15) is 4.79 Å². The highest BCUT2D eigenvalue weighted by Crippen LogP contribution is 2.23. The van der Waals surface area contributed by atoms with Gasteiger partial charge in [0.2, 0.25) is 0 Å². The van der Waals surface area contributed by atoms with Gasteiger partial charge in [-0.2, -0.15) is 0 Å². The summed E-state index contributed by atoms with van der Waals surface area (Å²) in [5, 5.41) is 6.25. The minimum Gasteiger partial charge on any atom is -0.496 e. The monoisotopic (exact) mass is 311 g/mol. The molecule has 3 rings (SSSR count). The molecule has 1 fully saturated rings. The lowest BCUT2D eigenvalue weighted by Crippen LogP contribution is -2.26. The minimum absolute atomic E-state index is 0.0823. The van der Waals surface area contributed by atoms with E-state index in [0.717, 1.165) is 23.6 Å². The Labute approximate surface area is 136 Å². The summed E-state index contributed by atoms with van der Waals surface area (Å²) in [7, 11) is 1.66. The van der Waals surface area contributed by atoms with Crippen LogP contribution in [0.2, 0.25) is 0 Å². The third-order valence-electron chi connectivity index (χ3n) is 3.82. The van der Waals surface area contributed by atoms with E-state index in [4.69, 9.17) is 4.74 Å². The summed E-state index contributed by atoms with van der Waals surface area (Å²) < 4.78 is 5.32. The number of hydrogen-bond acceptors (Lipinski definition) is 4. The molecule has 120 valence electrons. The molecule has 0 saturated heterocycles. The molecule has 0 bridgehead atoms. The summed E-state index contributed by atoms with van der Waals surface area (Å²) in [4.78, 5) is 16.5. The molecular weight excluding hydrogens is 290 g/mol.